The van der Waals surface area contributed by atoms with Crippen LogP contribution in [0.3, 0.4) is 0 Å². The van der Waals surface area contributed by atoms with Gasteiger partial charge in [-0.15, -0.1) is 0 Å². The Bertz CT molecular complexity index is 704. The van der Waals surface area contributed by atoms with Crippen LogP contribution >= 0.6 is 0 Å². The average molecular weight is 312 g/mol. The fourth-order valence-corrected chi connectivity index (χ4v) is 2.17. The number of hydrogen-bond donors (Lipinski definition) is 0. The maximum Gasteiger partial charge on any atom is 0.189 e. The molecule has 0 unspecified atom stereocenters. The number of ketones is 1. The fraction of sp³-hybridized carbons (Fsp3) is 0.211. The molecule has 4 nitrogen and oxygen atoms in total. The van der Waals surface area contributed by atoms with Gasteiger partial charge in [-0.1, -0.05) is 18.2 Å². The van der Waals surface area contributed by atoms with Crippen molar-refractivity contribution in [2.45, 2.75) is 6.92 Å². The van der Waals surface area contributed by atoms with Crippen LogP contribution in [-0.4, -0.2) is 26.6 Å². The van der Waals surface area contributed by atoms with Gasteiger partial charge in [-0.3, -0.25) is 4.79 Å². The van der Waals surface area contributed by atoms with Gasteiger partial charge in [-0.2, -0.15) is 0 Å². The number of allylic oxidation sites excluding steroid dienone is 1. The van der Waals surface area contributed by atoms with E-state index in [0.717, 1.165) is 11.3 Å². The van der Waals surface area contributed by atoms with Gasteiger partial charge in [0.25, 0.3) is 0 Å². The molecule has 0 N–H and O–H groups in total. The van der Waals surface area contributed by atoms with Crippen LogP contribution in [0.25, 0.3) is 6.08 Å². The molecule has 2 aromatic rings. The Morgan fingerprint density at radius 2 is 1.83 bits per heavy atom. The molecular formula is C19H20O4. The van der Waals surface area contributed by atoms with Gasteiger partial charge in [-0.05, 0) is 43.3 Å². The first-order valence-corrected chi connectivity index (χ1v) is 7.35. The van der Waals surface area contributed by atoms with Gasteiger partial charge in [0.05, 0.1) is 26.4 Å². The zero-order valence-corrected chi connectivity index (χ0v) is 13.5. The molecule has 120 valence electrons. The van der Waals surface area contributed by atoms with Crippen molar-refractivity contribution in [3.8, 4) is 17.2 Å². The van der Waals surface area contributed by atoms with E-state index in [1.807, 2.05) is 31.2 Å². The average Bonchev–Trinajstić information content (AvgIpc) is 2.60. The Hall–Kier alpha value is -2.75. The zero-order chi connectivity index (χ0) is 16.7. The maximum atomic E-state index is 12.5. The van der Waals surface area contributed by atoms with Crippen molar-refractivity contribution in [2.75, 3.05) is 20.8 Å². The SMILES string of the molecule is CCOc1ccccc1C=CC(=O)c1cc(OC)ccc1OC. The van der Waals surface area contributed by atoms with E-state index in [0.29, 0.717) is 23.7 Å². The number of hydrogen-bond acceptors (Lipinski definition) is 4. The van der Waals surface area contributed by atoms with E-state index >= 15 is 0 Å². The van der Waals surface area contributed by atoms with Crippen molar-refractivity contribution in [1.82, 2.24) is 0 Å². The standard InChI is InChI=1S/C19H20O4/c1-4-23-18-8-6-5-7-14(18)9-11-17(20)16-13-15(21-2)10-12-19(16)22-3/h5-13H,4H2,1-3H3. The molecule has 0 aliphatic rings. The normalized spacial score (nSPS) is 10.6. The van der Waals surface area contributed by atoms with E-state index in [9.17, 15) is 4.79 Å². The van der Waals surface area contributed by atoms with Crippen molar-refractivity contribution >= 4 is 11.9 Å². The second-order valence-electron chi connectivity index (χ2n) is 4.73. The summed E-state index contributed by atoms with van der Waals surface area (Å²) in [6.45, 7) is 2.50. The lowest BCUT2D eigenvalue weighted by atomic mass is 10.1. The first-order chi connectivity index (χ1) is 11.2. The molecule has 0 fully saturated rings. The van der Waals surface area contributed by atoms with Gasteiger partial charge in [0, 0.05) is 5.56 Å². The zero-order valence-electron chi connectivity index (χ0n) is 13.5. The summed E-state index contributed by atoms with van der Waals surface area (Å²) in [5.41, 5.74) is 1.31. The minimum absolute atomic E-state index is 0.160. The molecule has 0 radical (unpaired) electrons. The number of para-hydroxylation sites is 1. The minimum atomic E-state index is -0.160. The highest BCUT2D eigenvalue weighted by Gasteiger charge is 2.11. The van der Waals surface area contributed by atoms with Crippen molar-refractivity contribution in [3.05, 3.63) is 59.7 Å². The summed E-state index contributed by atoms with van der Waals surface area (Å²) in [6.07, 6.45) is 3.25. The van der Waals surface area contributed by atoms with Crippen LogP contribution in [0.15, 0.2) is 48.5 Å². The molecule has 2 rings (SSSR count). The molecule has 4 heteroatoms. The van der Waals surface area contributed by atoms with Crippen LogP contribution in [0.4, 0.5) is 0 Å². The van der Waals surface area contributed by atoms with Crippen molar-refractivity contribution < 1.29 is 19.0 Å². The lowest BCUT2D eigenvalue weighted by Crippen LogP contribution is -2.00. The summed E-state index contributed by atoms with van der Waals surface area (Å²) in [5, 5.41) is 0. The highest BCUT2D eigenvalue weighted by Crippen LogP contribution is 2.25. The predicted octanol–water partition coefficient (Wildman–Crippen LogP) is 4.00. The Balaban J connectivity index is 2.28. The molecule has 0 spiro atoms. The van der Waals surface area contributed by atoms with Gasteiger partial charge in [0.2, 0.25) is 0 Å². The van der Waals surface area contributed by atoms with E-state index in [1.165, 1.54) is 13.2 Å². The summed E-state index contributed by atoms with van der Waals surface area (Å²) in [4.78, 5) is 12.5. The molecule has 0 saturated carbocycles. The maximum absolute atomic E-state index is 12.5. The third-order valence-electron chi connectivity index (χ3n) is 3.31. The molecule has 0 heterocycles. The fourth-order valence-electron chi connectivity index (χ4n) is 2.17. The largest absolute Gasteiger partial charge is 0.497 e. The number of rotatable bonds is 7. The Labute approximate surface area is 136 Å². The Kier molecular flexibility index (Phi) is 5.80. The van der Waals surface area contributed by atoms with Gasteiger partial charge < -0.3 is 14.2 Å². The van der Waals surface area contributed by atoms with Crippen molar-refractivity contribution in [1.29, 1.82) is 0 Å². The molecule has 0 aliphatic heterocycles. The highest BCUT2D eigenvalue weighted by molar-refractivity contribution is 6.09. The number of ether oxygens (including phenoxy) is 3. The monoisotopic (exact) mass is 312 g/mol. The van der Waals surface area contributed by atoms with Crippen LogP contribution in [0, 0.1) is 0 Å². The topological polar surface area (TPSA) is 44.8 Å². The summed E-state index contributed by atoms with van der Waals surface area (Å²) >= 11 is 0. The van der Waals surface area contributed by atoms with Crippen LogP contribution < -0.4 is 14.2 Å². The summed E-state index contributed by atoms with van der Waals surface area (Å²) in [7, 11) is 3.09. The van der Waals surface area contributed by atoms with E-state index in [1.54, 1.807) is 31.4 Å². The van der Waals surface area contributed by atoms with Crippen LogP contribution in [0.5, 0.6) is 17.2 Å². The van der Waals surface area contributed by atoms with Gasteiger partial charge >= 0.3 is 0 Å². The molecule has 0 bridgehead atoms. The lowest BCUT2D eigenvalue weighted by Gasteiger charge is -2.08. The molecule has 0 aromatic heterocycles. The second-order valence-corrected chi connectivity index (χ2v) is 4.73. The first kappa shape index (κ1) is 16.6. The number of carbonyl (C=O) groups excluding carboxylic acids is 1. The Morgan fingerprint density at radius 3 is 2.52 bits per heavy atom. The van der Waals surface area contributed by atoms with Crippen LogP contribution in [-0.2, 0) is 0 Å². The molecular weight excluding hydrogens is 292 g/mol. The summed E-state index contributed by atoms with van der Waals surface area (Å²) in [5.74, 6) is 1.71. The molecule has 0 aliphatic carbocycles. The predicted molar refractivity (Wildman–Crippen MR) is 90.5 cm³/mol. The molecule has 0 amide bonds. The quantitative estimate of drug-likeness (QED) is 0.572. The summed E-state index contributed by atoms with van der Waals surface area (Å²) < 4.78 is 16.0. The third-order valence-corrected chi connectivity index (χ3v) is 3.31. The van der Waals surface area contributed by atoms with E-state index < -0.39 is 0 Å². The molecule has 0 saturated heterocycles. The number of methoxy groups -OCH3 is 2. The molecule has 0 atom stereocenters. The third kappa shape index (κ3) is 4.13. The second kappa shape index (κ2) is 8.03. The van der Waals surface area contributed by atoms with Gasteiger partial charge in [-0.25, -0.2) is 0 Å². The smallest absolute Gasteiger partial charge is 0.189 e. The number of carbonyl (C=O) groups is 1. The van der Waals surface area contributed by atoms with E-state index in [-0.39, 0.29) is 5.78 Å². The molecule has 2 aromatic carbocycles. The van der Waals surface area contributed by atoms with Crippen molar-refractivity contribution in [3.63, 3.8) is 0 Å². The van der Waals surface area contributed by atoms with Gasteiger partial charge in [0.15, 0.2) is 5.78 Å². The minimum Gasteiger partial charge on any atom is -0.497 e. The van der Waals surface area contributed by atoms with Crippen molar-refractivity contribution in [2.24, 2.45) is 0 Å². The Morgan fingerprint density at radius 1 is 1.04 bits per heavy atom. The van der Waals surface area contributed by atoms with Gasteiger partial charge in [0.1, 0.15) is 17.2 Å². The lowest BCUT2D eigenvalue weighted by molar-refractivity contribution is 0.104. The molecule has 23 heavy (non-hydrogen) atoms. The van der Waals surface area contributed by atoms with Crippen LogP contribution in [0.1, 0.15) is 22.8 Å². The van der Waals surface area contributed by atoms with E-state index in [2.05, 4.69) is 0 Å². The van der Waals surface area contributed by atoms with E-state index in [4.69, 9.17) is 14.2 Å². The van der Waals surface area contributed by atoms with Crippen LogP contribution in [0.2, 0.25) is 0 Å². The highest BCUT2D eigenvalue weighted by atomic mass is 16.5. The number of benzene rings is 2. The summed E-state index contributed by atoms with van der Waals surface area (Å²) in [6, 6.07) is 12.7. The first-order valence-electron chi connectivity index (χ1n) is 7.35.